The summed E-state index contributed by atoms with van der Waals surface area (Å²) in [5.74, 6) is 1.55. The Labute approximate surface area is 192 Å². The highest BCUT2D eigenvalue weighted by atomic mass is 32.1. The number of nitrogens with zero attached hydrogens (tertiary/aromatic N) is 2. The van der Waals surface area contributed by atoms with Gasteiger partial charge in [0.05, 0.1) is 31.4 Å². The molecule has 0 atom stereocenters. The summed E-state index contributed by atoms with van der Waals surface area (Å²) in [6.07, 6.45) is 0.284. The molecule has 0 bridgehead atoms. The van der Waals surface area contributed by atoms with Crippen LogP contribution in [0.4, 0.5) is 5.13 Å². The van der Waals surface area contributed by atoms with Gasteiger partial charge in [0.25, 0.3) is 0 Å². The second kappa shape index (κ2) is 9.83. The van der Waals surface area contributed by atoms with E-state index in [2.05, 4.69) is 0 Å². The standard InChI is InChI=1S/C26H26N2O3S/c1-4-31-22-11-8-12-23-25(22)27-26(32-23)28(17-19-9-6-5-7-10-19)24(29)16-20-13-14-21(30-3)18(2)15-20/h5-15H,4,16-17H2,1-3H3. The number of hydrogen-bond donors (Lipinski definition) is 0. The molecule has 0 fully saturated rings. The molecule has 0 aliphatic heterocycles. The molecule has 6 heteroatoms. The van der Waals surface area contributed by atoms with E-state index in [4.69, 9.17) is 14.5 Å². The first-order chi connectivity index (χ1) is 15.6. The second-order valence-electron chi connectivity index (χ2n) is 7.48. The number of carbonyl (C=O) groups is 1. The van der Waals surface area contributed by atoms with E-state index < -0.39 is 0 Å². The molecule has 0 spiro atoms. The third-order valence-electron chi connectivity index (χ3n) is 5.20. The molecule has 0 aliphatic rings. The fourth-order valence-corrected chi connectivity index (χ4v) is 4.65. The molecule has 164 valence electrons. The van der Waals surface area contributed by atoms with Crippen molar-refractivity contribution < 1.29 is 14.3 Å². The topological polar surface area (TPSA) is 51.7 Å². The summed E-state index contributed by atoms with van der Waals surface area (Å²) in [6, 6.07) is 21.7. The van der Waals surface area contributed by atoms with Crippen LogP contribution in [0.2, 0.25) is 0 Å². The van der Waals surface area contributed by atoms with Crippen LogP contribution in [0, 0.1) is 6.92 Å². The first-order valence-corrected chi connectivity index (χ1v) is 11.4. The lowest BCUT2D eigenvalue weighted by Crippen LogP contribution is -2.31. The Morgan fingerprint density at radius 3 is 2.53 bits per heavy atom. The number of benzene rings is 3. The predicted octanol–water partition coefficient (Wildman–Crippen LogP) is 5.79. The van der Waals surface area contributed by atoms with E-state index in [1.54, 1.807) is 12.0 Å². The van der Waals surface area contributed by atoms with Gasteiger partial charge in [0.15, 0.2) is 5.13 Å². The molecule has 0 radical (unpaired) electrons. The minimum Gasteiger partial charge on any atom is -0.496 e. The summed E-state index contributed by atoms with van der Waals surface area (Å²) in [5.41, 5.74) is 3.80. The Hall–Kier alpha value is -3.38. The Balaban J connectivity index is 1.68. The number of hydrogen-bond acceptors (Lipinski definition) is 5. The molecule has 1 heterocycles. The maximum atomic E-state index is 13.5. The number of para-hydroxylation sites is 1. The van der Waals surface area contributed by atoms with Gasteiger partial charge in [-0.3, -0.25) is 9.69 Å². The number of aromatic nitrogens is 1. The molecule has 4 rings (SSSR count). The van der Waals surface area contributed by atoms with Crippen LogP contribution in [0.15, 0.2) is 66.7 Å². The fraction of sp³-hybridized carbons (Fsp3) is 0.231. The molecule has 0 saturated carbocycles. The number of thiazole rings is 1. The van der Waals surface area contributed by atoms with Crippen molar-refractivity contribution in [3.05, 3.63) is 83.4 Å². The molecule has 0 N–H and O–H groups in total. The quantitative estimate of drug-likeness (QED) is 0.344. The molecule has 1 amide bonds. The van der Waals surface area contributed by atoms with E-state index in [1.807, 2.05) is 80.6 Å². The van der Waals surface area contributed by atoms with Gasteiger partial charge >= 0.3 is 0 Å². The van der Waals surface area contributed by atoms with Crippen LogP contribution in [-0.4, -0.2) is 24.6 Å². The summed E-state index contributed by atoms with van der Waals surface area (Å²) in [6.45, 7) is 4.96. The highest BCUT2D eigenvalue weighted by Gasteiger charge is 2.22. The Morgan fingerprint density at radius 1 is 1.00 bits per heavy atom. The van der Waals surface area contributed by atoms with E-state index in [1.165, 1.54) is 11.3 Å². The maximum absolute atomic E-state index is 13.5. The zero-order valence-electron chi connectivity index (χ0n) is 18.5. The predicted molar refractivity (Wildman–Crippen MR) is 130 cm³/mol. The van der Waals surface area contributed by atoms with E-state index >= 15 is 0 Å². The molecule has 0 saturated heterocycles. The van der Waals surface area contributed by atoms with Crippen molar-refractivity contribution in [3.8, 4) is 11.5 Å². The van der Waals surface area contributed by atoms with Gasteiger partial charge in [-0.15, -0.1) is 0 Å². The van der Waals surface area contributed by atoms with Gasteiger partial charge in [-0.25, -0.2) is 4.98 Å². The molecular weight excluding hydrogens is 420 g/mol. The summed E-state index contributed by atoms with van der Waals surface area (Å²) in [4.78, 5) is 20.1. The summed E-state index contributed by atoms with van der Waals surface area (Å²) in [5, 5.41) is 0.672. The maximum Gasteiger partial charge on any atom is 0.233 e. The van der Waals surface area contributed by atoms with Crippen LogP contribution >= 0.6 is 11.3 Å². The first kappa shape index (κ1) is 21.8. The third-order valence-corrected chi connectivity index (χ3v) is 6.24. The minimum absolute atomic E-state index is 0.00423. The average Bonchev–Trinajstić information content (AvgIpc) is 3.23. The van der Waals surface area contributed by atoms with Gasteiger partial charge in [0.2, 0.25) is 5.91 Å². The monoisotopic (exact) mass is 446 g/mol. The highest BCUT2D eigenvalue weighted by Crippen LogP contribution is 2.35. The zero-order valence-corrected chi connectivity index (χ0v) is 19.3. The van der Waals surface area contributed by atoms with Gasteiger partial charge < -0.3 is 9.47 Å². The van der Waals surface area contributed by atoms with E-state index in [0.717, 1.165) is 38.4 Å². The van der Waals surface area contributed by atoms with Gasteiger partial charge in [-0.05, 0) is 48.7 Å². The third kappa shape index (κ3) is 4.75. The van der Waals surface area contributed by atoms with Crippen molar-refractivity contribution in [2.24, 2.45) is 0 Å². The van der Waals surface area contributed by atoms with Crippen molar-refractivity contribution in [1.82, 2.24) is 4.98 Å². The average molecular weight is 447 g/mol. The fourth-order valence-electron chi connectivity index (χ4n) is 3.65. The van der Waals surface area contributed by atoms with Crippen LogP contribution in [0.25, 0.3) is 10.2 Å². The van der Waals surface area contributed by atoms with Gasteiger partial charge in [0, 0.05) is 0 Å². The number of carbonyl (C=O) groups excluding carboxylic acids is 1. The van der Waals surface area contributed by atoms with Crippen molar-refractivity contribution in [1.29, 1.82) is 0 Å². The summed E-state index contributed by atoms with van der Waals surface area (Å²) in [7, 11) is 1.65. The van der Waals surface area contributed by atoms with Crippen LogP contribution in [0.1, 0.15) is 23.6 Å². The molecule has 5 nitrogen and oxygen atoms in total. The minimum atomic E-state index is -0.00423. The van der Waals surface area contributed by atoms with Crippen LogP contribution in [0.5, 0.6) is 11.5 Å². The first-order valence-electron chi connectivity index (χ1n) is 10.6. The second-order valence-corrected chi connectivity index (χ2v) is 8.49. The number of anilines is 1. The van der Waals surface area contributed by atoms with E-state index in [0.29, 0.717) is 18.3 Å². The normalized spacial score (nSPS) is 10.8. The Kier molecular flexibility index (Phi) is 6.71. The van der Waals surface area contributed by atoms with Crippen molar-refractivity contribution in [2.75, 3.05) is 18.6 Å². The lowest BCUT2D eigenvalue weighted by Gasteiger charge is -2.20. The smallest absolute Gasteiger partial charge is 0.233 e. The number of ether oxygens (including phenoxy) is 2. The number of fused-ring (bicyclic) bond motifs is 1. The molecule has 32 heavy (non-hydrogen) atoms. The lowest BCUT2D eigenvalue weighted by atomic mass is 10.1. The summed E-state index contributed by atoms with van der Waals surface area (Å²) >= 11 is 1.51. The number of amides is 1. The van der Waals surface area contributed by atoms with E-state index in [-0.39, 0.29) is 12.3 Å². The molecular formula is C26H26N2O3S. The molecule has 0 unspecified atom stereocenters. The van der Waals surface area contributed by atoms with E-state index in [9.17, 15) is 4.79 Å². The number of aryl methyl sites for hydroxylation is 1. The van der Waals surface area contributed by atoms with Crippen molar-refractivity contribution >= 4 is 32.6 Å². The number of methoxy groups -OCH3 is 1. The van der Waals surface area contributed by atoms with Crippen LogP contribution < -0.4 is 14.4 Å². The Bertz CT molecular complexity index is 1220. The zero-order chi connectivity index (χ0) is 22.5. The Morgan fingerprint density at radius 2 is 1.81 bits per heavy atom. The SMILES string of the molecule is CCOc1cccc2sc(N(Cc3ccccc3)C(=O)Cc3ccc(OC)c(C)c3)nc12. The van der Waals surface area contributed by atoms with Gasteiger partial charge in [-0.1, -0.05) is 59.9 Å². The van der Waals surface area contributed by atoms with Gasteiger partial charge in [0.1, 0.15) is 17.0 Å². The van der Waals surface area contributed by atoms with Crippen LogP contribution in [0.3, 0.4) is 0 Å². The van der Waals surface area contributed by atoms with Crippen LogP contribution in [-0.2, 0) is 17.8 Å². The van der Waals surface area contributed by atoms with Crippen molar-refractivity contribution in [2.45, 2.75) is 26.8 Å². The number of rotatable bonds is 8. The van der Waals surface area contributed by atoms with Gasteiger partial charge in [-0.2, -0.15) is 0 Å². The largest absolute Gasteiger partial charge is 0.496 e. The lowest BCUT2D eigenvalue weighted by molar-refractivity contribution is -0.118. The molecule has 3 aromatic carbocycles. The highest BCUT2D eigenvalue weighted by molar-refractivity contribution is 7.22. The molecule has 1 aromatic heterocycles. The molecule has 0 aliphatic carbocycles. The van der Waals surface area contributed by atoms with Crippen molar-refractivity contribution in [3.63, 3.8) is 0 Å². The summed E-state index contributed by atoms with van der Waals surface area (Å²) < 4.78 is 12.1. The molecule has 4 aromatic rings.